The highest BCUT2D eigenvalue weighted by molar-refractivity contribution is 9.08. The van der Waals surface area contributed by atoms with E-state index in [1.54, 1.807) is 6.20 Å². The molecule has 0 unspecified atom stereocenters. The molecule has 0 fully saturated rings. The van der Waals surface area contributed by atoms with E-state index in [9.17, 15) is 0 Å². The van der Waals surface area contributed by atoms with Gasteiger partial charge in [0.25, 0.3) is 0 Å². The molecule has 2 rings (SSSR count). The van der Waals surface area contributed by atoms with Crippen molar-refractivity contribution in [2.75, 3.05) is 0 Å². The van der Waals surface area contributed by atoms with Crippen LogP contribution in [0.15, 0.2) is 18.3 Å². The SMILES string of the molecule is Brn1nc2cccnc2n1. The van der Waals surface area contributed by atoms with Crippen LogP contribution in [0.3, 0.4) is 0 Å². The van der Waals surface area contributed by atoms with E-state index < -0.39 is 0 Å². The van der Waals surface area contributed by atoms with Crippen LogP contribution in [-0.2, 0) is 0 Å². The number of aromatic nitrogens is 4. The molecule has 50 valence electrons. The minimum absolute atomic E-state index is 0.652. The molecule has 0 aliphatic rings. The number of fused-ring (bicyclic) bond motifs is 1. The fourth-order valence-corrected chi connectivity index (χ4v) is 1.05. The molecule has 5 heteroatoms. The van der Waals surface area contributed by atoms with Crippen LogP contribution in [0.25, 0.3) is 11.2 Å². The molecule has 0 aliphatic carbocycles. The topological polar surface area (TPSA) is 43.6 Å². The van der Waals surface area contributed by atoms with Gasteiger partial charge in [0.1, 0.15) is 5.52 Å². The summed E-state index contributed by atoms with van der Waals surface area (Å²) in [6.45, 7) is 0. The number of pyridine rings is 1. The van der Waals surface area contributed by atoms with E-state index in [4.69, 9.17) is 0 Å². The van der Waals surface area contributed by atoms with E-state index in [0.29, 0.717) is 5.65 Å². The van der Waals surface area contributed by atoms with Crippen LogP contribution < -0.4 is 0 Å². The smallest absolute Gasteiger partial charge is 0.202 e. The van der Waals surface area contributed by atoms with Crippen molar-refractivity contribution in [3.05, 3.63) is 18.3 Å². The minimum atomic E-state index is 0.652. The largest absolute Gasteiger partial charge is 0.234 e. The van der Waals surface area contributed by atoms with Gasteiger partial charge in [0.2, 0.25) is 5.65 Å². The average Bonchev–Trinajstić information content (AvgIpc) is 2.27. The lowest BCUT2D eigenvalue weighted by molar-refractivity contribution is 0.897. The quantitative estimate of drug-likeness (QED) is 0.635. The van der Waals surface area contributed by atoms with Gasteiger partial charge in [-0.2, -0.15) is 0 Å². The highest BCUT2D eigenvalue weighted by atomic mass is 79.9. The summed E-state index contributed by atoms with van der Waals surface area (Å²) in [6, 6.07) is 3.68. The molecule has 0 aromatic carbocycles. The summed E-state index contributed by atoms with van der Waals surface area (Å²) < 4.78 is 1.32. The highest BCUT2D eigenvalue weighted by Gasteiger charge is 1.97. The maximum Gasteiger partial charge on any atom is 0.202 e. The Balaban J connectivity index is 2.88. The van der Waals surface area contributed by atoms with E-state index in [0.717, 1.165) is 5.52 Å². The van der Waals surface area contributed by atoms with Crippen LogP contribution in [-0.4, -0.2) is 19.0 Å². The van der Waals surface area contributed by atoms with Crippen molar-refractivity contribution in [1.29, 1.82) is 0 Å². The Morgan fingerprint density at radius 2 is 2.30 bits per heavy atom. The summed E-state index contributed by atoms with van der Waals surface area (Å²) in [5, 5.41) is 7.90. The van der Waals surface area contributed by atoms with Crippen molar-refractivity contribution in [3.63, 3.8) is 0 Å². The molecule has 0 radical (unpaired) electrons. The van der Waals surface area contributed by atoms with Gasteiger partial charge in [-0.25, -0.2) is 4.98 Å². The maximum atomic E-state index is 3.98. The molecule has 4 nitrogen and oxygen atoms in total. The van der Waals surface area contributed by atoms with Gasteiger partial charge in [0, 0.05) is 6.20 Å². The number of halogens is 1. The molecular weight excluding hydrogens is 196 g/mol. The molecule has 10 heavy (non-hydrogen) atoms. The fourth-order valence-electron chi connectivity index (χ4n) is 0.733. The first-order valence-electron chi connectivity index (χ1n) is 2.70. The van der Waals surface area contributed by atoms with Crippen molar-refractivity contribution >= 4 is 27.3 Å². The van der Waals surface area contributed by atoms with Gasteiger partial charge in [0.05, 0.1) is 16.1 Å². The standard InChI is InChI=1S/C5H3BrN4/c6-10-8-4-2-1-3-7-5(4)9-10/h1-3H. The number of hydrogen-bond donors (Lipinski definition) is 0. The average molecular weight is 199 g/mol. The molecule has 2 heterocycles. The third-order valence-corrected chi connectivity index (χ3v) is 1.45. The zero-order valence-corrected chi connectivity index (χ0v) is 6.48. The van der Waals surface area contributed by atoms with E-state index in [1.807, 2.05) is 12.1 Å². The fraction of sp³-hybridized carbons (Fsp3) is 0. The van der Waals surface area contributed by atoms with E-state index in [2.05, 4.69) is 31.3 Å². The molecule has 0 spiro atoms. The Hall–Kier alpha value is -0.970. The maximum absolute atomic E-state index is 3.98. The number of hydrogen-bond acceptors (Lipinski definition) is 3. The molecule has 0 atom stereocenters. The molecule has 2 aromatic rings. The van der Waals surface area contributed by atoms with Crippen molar-refractivity contribution in [3.8, 4) is 0 Å². The first kappa shape index (κ1) is 5.79. The van der Waals surface area contributed by atoms with Gasteiger partial charge in [0.15, 0.2) is 0 Å². The van der Waals surface area contributed by atoms with E-state index >= 15 is 0 Å². The normalized spacial score (nSPS) is 10.5. The monoisotopic (exact) mass is 198 g/mol. The summed E-state index contributed by atoms with van der Waals surface area (Å²) in [5.74, 6) is 0. The van der Waals surface area contributed by atoms with Crippen LogP contribution >= 0.6 is 16.1 Å². The van der Waals surface area contributed by atoms with Gasteiger partial charge in [-0.1, -0.05) is 0 Å². The van der Waals surface area contributed by atoms with Gasteiger partial charge >= 0.3 is 0 Å². The van der Waals surface area contributed by atoms with E-state index in [1.165, 1.54) is 3.82 Å². The Kier molecular flexibility index (Phi) is 1.17. The zero-order chi connectivity index (χ0) is 6.97. The summed E-state index contributed by atoms with van der Waals surface area (Å²) in [5.41, 5.74) is 1.44. The number of rotatable bonds is 0. The molecule has 0 N–H and O–H groups in total. The summed E-state index contributed by atoms with van der Waals surface area (Å²) in [4.78, 5) is 3.98. The molecule has 0 saturated heterocycles. The first-order chi connectivity index (χ1) is 4.86. The van der Waals surface area contributed by atoms with Gasteiger partial charge in [-0.15, -0.1) is 14.0 Å². The van der Waals surface area contributed by atoms with Crippen LogP contribution in [0.2, 0.25) is 0 Å². The lowest BCUT2D eigenvalue weighted by Gasteiger charge is -1.77. The van der Waals surface area contributed by atoms with E-state index in [-0.39, 0.29) is 0 Å². The van der Waals surface area contributed by atoms with Crippen LogP contribution in [0, 0.1) is 0 Å². The predicted molar refractivity (Wildman–Crippen MR) is 39.6 cm³/mol. The summed E-state index contributed by atoms with van der Waals surface area (Å²) in [6.07, 6.45) is 1.68. The molecule has 0 bridgehead atoms. The van der Waals surface area contributed by atoms with Gasteiger partial charge < -0.3 is 0 Å². The van der Waals surface area contributed by atoms with Gasteiger partial charge in [-0.05, 0) is 12.1 Å². The van der Waals surface area contributed by atoms with Crippen molar-refractivity contribution in [2.24, 2.45) is 0 Å². The third kappa shape index (κ3) is 0.786. The van der Waals surface area contributed by atoms with Crippen LogP contribution in [0.4, 0.5) is 0 Å². The Labute approximate surface area is 65.2 Å². The molecule has 0 amide bonds. The molecule has 0 saturated carbocycles. The number of nitrogens with zero attached hydrogens (tertiary/aromatic N) is 4. The van der Waals surface area contributed by atoms with Crippen molar-refractivity contribution in [1.82, 2.24) is 19.0 Å². The van der Waals surface area contributed by atoms with Crippen molar-refractivity contribution in [2.45, 2.75) is 0 Å². The second kappa shape index (κ2) is 2.02. The van der Waals surface area contributed by atoms with Crippen LogP contribution in [0.5, 0.6) is 0 Å². The summed E-state index contributed by atoms with van der Waals surface area (Å²) in [7, 11) is 0. The Morgan fingerprint density at radius 3 is 3.10 bits per heavy atom. The Bertz CT molecular complexity index is 322. The first-order valence-corrected chi connectivity index (χ1v) is 3.41. The molecule has 2 aromatic heterocycles. The molecular formula is C5H3BrN4. The Morgan fingerprint density at radius 1 is 1.40 bits per heavy atom. The summed E-state index contributed by atoms with van der Waals surface area (Å²) >= 11 is 3.08. The molecule has 0 aliphatic heterocycles. The third-order valence-electron chi connectivity index (χ3n) is 1.13. The van der Waals surface area contributed by atoms with Crippen LogP contribution in [0.1, 0.15) is 0 Å². The van der Waals surface area contributed by atoms with Crippen molar-refractivity contribution < 1.29 is 0 Å². The predicted octanol–water partition coefficient (Wildman–Crippen LogP) is 0.984. The minimum Gasteiger partial charge on any atom is -0.234 e. The lowest BCUT2D eigenvalue weighted by Crippen LogP contribution is -1.81. The second-order valence-corrected chi connectivity index (χ2v) is 2.42. The second-order valence-electron chi connectivity index (χ2n) is 1.79. The zero-order valence-electron chi connectivity index (χ0n) is 4.90. The highest BCUT2D eigenvalue weighted by Crippen LogP contribution is 2.03. The lowest BCUT2D eigenvalue weighted by atomic mass is 10.4. The van der Waals surface area contributed by atoms with Gasteiger partial charge in [-0.3, -0.25) is 0 Å².